The number of aliphatic hydroxyl groups is 1. The zero-order chi connectivity index (χ0) is 12.3. The van der Waals surface area contributed by atoms with Crippen molar-refractivity contribution in [3.8, 4) is 0 Å². The summed E-state index contributed by atoms with van der Waals surface area (Å²) >= 11 is 0. The second-order valence-corrected chi connectivity index (χ2v) is 5.66. The van der Waals surface area contributed by atoms with E-state index < -0.39 is 0 Å². The Morgan fingerprint density at radius 3 is 2.71 bits per heavy atom. The van der Waals surface area contributed by atoms with Crippen molar-refractivity contribution in [1.29, 1.82) is 0 Å². The molecule has 3 heteroatoms. The van der Waals surface area contributed by atoms with E-state index in [2.05, 4.69) is 6.92 Å². The Kier molecular flexibility index (Phi) is 4.45. The van der Waals surface area contributed by atoms with E-state index >= 15 is 0 Å². The lowest BCUT2D eigenvalue weighted by Crippen LogP contribution is -2.44. The summed E-state index contributed by atoms with van der Waals surface area (Å²) in [5, 5.41) is 10.4. The minimum Gasteiger partial charge on any atom is -0.390 e. The highest BCUT2D eigenvalue weighted by Gasteiger charge is 2.42. The molecule has 0 aromatic heterocycles. The van der Waals surface area contributed by atoms with E-state index in [0.29, 0.717) is 5.92 Å². The summed E-state index contributed by atoms with van der Waals surface area (Å²) in [7, 11) is 1.70. The third-order valence-corrected chi connectivity index (χ3v) is 4.61. The highest BCUT2D eigenvalue weighted by Crippen LogP contribution is 2.43. The molecule has 100 valence electrons. The van der Waals surface area contributed by atoms with Crippen LogP contribution < -0.4 is 0 Å². The number of aliphatic hydroxyl groups excluding tert-OH is 1. The molecule has 1 saturated heterocycles. The average molecular weight is 242 g/mol. The first-order valence-corrected chi connectivity index (χ1v) is 7.05. The highest BCUT2D eigenvalue weighted by molar-refractivity contribution is 4.94. The highest BCUT2D eigenvalue weighted by atomic mass is 16.5. The van der Waals surface area contributed by atoms with Crippen molar-refractivity contribution in [3.05, 3.63) is 0 Å². The minimum atomic E-state index is -0.327. The number of rotatable bonds is 4. The first-order chi connectivity index (χ1) is 8.21. The van der Waals surface area contributed by atoms with Crippen molar-refractivity contribution < 1.29 is 14.6 Å². The van der Waals surface area contributed by atoms with Crippen LogP contribution in [0.2, 0.25) is 0 Å². The molecule has 2 fully saturated rings. The van der Waals surface area contributed by atoms with E-state index in [-0.39, 0.29) is 17.8 Å². The third kappa shape index (κ3) is 2.83. The summed E-state index contributed by atoms with van der Waals surface area (Å²) < 4.78 is 11.4. The molecule has 0 aromatic carbocycles. The molecule has 1 saturated carbocycles. The van der Waals surface area contributed by atoms with Crippen molar-refractivity contribution in [2.45, 2.75) is 69.7 Å². The minimum absolute atomic E-state index is 0.0171. The summed E-state index contributed by atoms with van der Waals surface area (Å²) in [6.45, 7) is 2.88. The second-order valence-electron chi connectivity index (χ2n) is 5.66. The molecule has 1 N–H and O–H groups in total. The van der Waals surface area contributed by atoms with Gasteiger partial charge in [-0.05, 0) is 38.0 Å². The molecule has 0 radical (unpaired) electrons. The van der Waals surface area contributed by atoms with Gasteiger partial charge in [-0.1, -0.05) is 19.8 Å². The summed E-state index contributed by atoms with van der Waals surface area (Å²) in [5.41, 5.74) is 0.0932. The van der Waals surface area contributed by atoms with Crippen LogP contribution in [0.1, 0.15) is 51.9 Å². The fourth-order valence-corrected chi connectivity index (χ4v) is 3.58. The van der Waals surface area contributed by atoms with E-state index in [1.165, 1.54) is 25.7 Å². The molecule has 0 bridgehead atoms. The zero-order valence-electron chi connectivity index (χ0n) is 11.2. The van der Waals surface area contributed by atoms with Crippen LogP contribution in [-0.4, -0.2) is 36.6 Å². The summed E-state index contributed by atoms with van der Waals surface area (Å²) in [6, 6.07) is 0. The number of hydrogen-bond donors (Lipinski definition) is 1. The number of ether oxygens (including phenoxy) is 2. The molecule has 3 nitrogen and oxygen atoms in total. The molecule has 1 aliphatic carbocycles. The molecular formula is C14H26O3. The quantitative estimate of drug-likeness (QED) is 0.823. The van der Waals surface area contributed by atoms with E-state index in [0.717, 1.165) is 25.9 Å². The van der Waals surface area contributed by atoms with E-state index in [1.54, 1.807) is 7.11 Å². The van der Waals surface area contributed by atoms with Gasteiger partial charge >= 0.3 is 0 Å². The second kappa shape index (κ2) is 5.68. The van der Waals surface area contributed by atoms with Gasteiger partial charge in [0.2, 0.25) is 0 Å². The summed E-state index contributed by atoms with van der Waals surface area (Å²) in [6.07, 6.45) is 7.45. The van der Waals surface area contributed by atoms with Crippen LogP contribution in [0.25, 0.3) is 0 Å². The van der Waals surface area contributed by atoms with Crippen LogP contribution in [0, 0.1) is 5.92 Å². The molecule has 1 heterocycles. The van der Waals surface area contributed by atoms with Crippen molar-refractivity contribution in [3.63, 3.8) is 0 Å². The summed E-state index contributed by atoms with van der Waals surface area (Å²) in [5.74, 6) is 0.353. The van der Waals surface area contributed by atoms with Gasteiger partial charge in [0.15, 0.2) is 0 Å². The maximum absolute atomic E-state index is 10.4. The largest absolute Gasteiger partial charge is 0.390 e. The maximum Gasteiger partial charge on any atom is 0.0831 e. The van der Waals surface area contributed by atoms with Crippen LogP contribution in [0.5, 0.6) is 0 Å². The van der Waals surface area contributed by atoms with Crippen LogP contribution in [0.4, 0.5) is 0 Å². The van der Waals surface area contributed by atoms with Crippen molar-refractivity contribution in [2.24, 2.45) is 5.92 Å². The smallest absolute Gasteiger partial charge is 0.0831 e. The predicted molar refractivity (Wildman–Crippen MR) is 67.0 cm³/mol. The van der Waals surface area contributed by atoms with E-state index in [1.807, 2.05) is 0 Å². The van der Waals surface area contributed by atoms with Gasteiger partial charge in [-0.3, -0.25) is 0 Å². The Bertz CT molecular complexity index is 232. The normalized spacial score (nSPS) is 31.6. The molecule has 3 unspecified atom stereocenters. The van der Waals surface area contributed by atoms with Crippen LogP contribution in [-0.2, 0) is 9.47 Å². The van der Waals surface area contributed by atoms with Gasteiger partial charge in [0.1, 0.15) is 0 Å². The SMILES string of the molecule is CCC(OC)C(O)C1CCOC2(CCCC2)C1. The van der Waals surface area contributed by atoms with Crippen molar-refractivity contribution in [2.75, 3.05) is 13.7 Å². The topological polar surface area (TPSA) is 38.7 Å². The molecule has 0 amide bonds. The zero-order valence-corrected chi connectivity index (χ0v) is 11.2. The fraction of sp³-hybridized carbons (Fsp3) is 1.00. The molecule has 1 aliphatic heterocycles. The number of hydrogen-bond acceptors (Lipinski definition) is 3. The lowest BCUT2D eigenvalue weighted by atomic mass is 9.80. The Morgan fingerprint density at radius 1 is 1.41 bits per heavy atom. The fourth-order valence-electron chi connectivity index (χ4n) is 3.58. The first-order valence-electron chi connectivity index (χ1n) is 7.05. The van der Waals surface area contributed by atoms with Crippen LogP contribution in [0.3, 0.4) is 0 Å². The molecule has 1 spiro atoms. The van der Waals surface area contributed by atoms with Gasteiger partial charge in [0, 0.05) is 13.7 Å². The standard InChI is InChI=1S/C14H26O3/c1-3-12(16-2)13(15)11-6-9-17-14(10-11)7-4-5-8-14/h11-13,15H,3-10H2,1-2H3. The Labute approximate surface area is 104 Å². The van der Waals surface area contributed by atoms with E-state index in [9.17, 15) is 5.11 Å². The molecule has 3 atom stereocenters. The van der Waals surface area contributed by atoms with Crippen LogP contribution >= 0.6 is 0 Å². The third-order valence-electron chi connectivity index (χ3n) is 4.61. The maximum atomic E-state index is 10.4. The van der Waals surface area contributed by atoms with Crippen LogP contribution in [0.15, 0.2) is 0 Å². The van der Waals surface area contributed by atoms with E-state index in [4.69, 9.17) is 9.47 Å². The van der Waals surface area contributed by atoms with Gasteiger partial charge in [-0.2, -0.15) is 0 Å². The van der Waals surface area contributed by atoms with Crippen molar-refractivity contribution in [1.82, 2.24) is 0 Å². The summed E-state index contributed by atoms with van der Waals surface area (Å²) in [4.78, 5) is 0. The molecular weight excluding hydrogens is 216 g/mol. The van der Waals surface area contributed by atoms with Gasteiger partial charge < -0.3 is 14.6 Å². The molecule has 2 aliphatic rings. The molecule has 0 aromatic rings. The van der Waals surface area contributed by atoms with Crippen molar-refractivity contribution >= 4 is 0 Å². The Balaban J connectivity index is 1.96. The predicted octanol–water partition coefficient (Wildman–Crippen LogP) is 2.51. The van der Waals surface area contributed by atoms with Gasteiger partial charge in [-0.15, -0.1) is 0 Å². The average Bonchev–Trinajstić information content (AvgIpc) is 2.78. The Hall–Kier alpha value is -0.120. The first kappa shape index (κ1) is 13.3. The number of methoxy groups -OCH3 is 1. The van der Waals surface area contributed by atoms with Gasteiger partial charge in [0.05, 0.1) is 17.8 Å². The lowest BCUT2D eigenvalue weighted by Gasteiger charge is -2.41. The van der Waals surface area contributed by atoms with Gasteiger partial charge in [0.25, 0.3) is 0 Å². The lowest BCUT2D eigenvalue weighted by molar-refractivity contribution is -0.133. The monoisotopic (exact) mass is 242 g/mol. The molecule has 2 rings (SSSR count). The Morgan fingerprint density at radius 2 is 2.12 bits per heavy atom. The van der Waals surface area contributed by atoms with Gasteiger partial charge in [-0.25, -0.2) is 0 Å². The molecule has 17 heavy (non-hydrogen) atoms.